The molecule has 3 rings (SSSR count). The summed E-state index contributed by atoms with van der Waals surface area (Å²) in [7, 11) is 0. The van der Waals surface area contributed by atoms with Gasteiger partial charge in [-0.05, 0) is 12.6 Å². The molecule has 0 aromatic heterocycles. The van der Waals surface area contributed by atoms with E-state index in [1.807, 2.05) is 6.07 Å². The minimum atomic E-state index is -0.121. The fourth-order valence-electron chi connectivity index (χ4n) is 2.71. The highest BCUT2D eigenvalue weighted by molar-refractivity contribution is 5.97. The number of rotatable bonds is 2. The molecule has 1 fully saturated rings. The number of carbonyl (C=O) groups excluding carboxylic acids is 1. The lowest BCUT2D eigenvalue weighted by atomic mass is 10.1. The van der Waals surface area contributed by atoms with Gasteiger partial charge in [0.25, 0.3) is 5.91 Å². The lowest BCUT2D eigenvalue weighted by Crippen LogP contribution is -2.46. The highest BCUT2D eigenvalue weighted by Crippen LogP contribution is 2.37. The minimum absolute atomic E-state index is 0.0565. The van der Waals surface area contributed by atoms with E-state index in [0.29, 0.717) is 17.1 Å². The van der Waals surface area contributed by atoms with Gasteiger partial charge in [-0.1, -0.05) is 6.92 Å². The number of nitrogens with zero attached hydrogens (tertiary/aromatic N) is 2. The molecule has 0 saturated carbocycles. The smallest absolute Gasteiger partial charge is 0.262 e. The van der Waals surface area contributed by atoms with Crippen LogP contribution in [0.5, 0.6) is 5.75 Å². The first-order chi connectivity index (χ1) is 9.67. The van der Waals surface area contributed by atoms with E-state index >= 15 is 0 Å². The molecule has 2 aliphatic rings. The maximum absolute atomic E-state index is 11.4. The van der Waals surface area contributed by atoms with Gasteiger partial charge in [-0.3, -0.25) is 4.79 Å². The molecule has 0 aliphatic carbocycles. The molecule has 1 amide bonds. The molecule has 1 aromatic rings. The Labute approximate surface area is 118 Å². The molecule has 2 aliphatic heterocycles. The van der Waals surface area contributed by atoms with Gasteiger partial charge in [0.15, 0.2) is 6.61 Å². The van der Waals surface area contributed by atoms with Crippen LogP contribution in [0.15, 0.2) is 12.1 Å². The van der Waals surface area contributed by atoms with Crippen molar-refractivity contribution in [1.29, 1.82) is 0 Å². The van der Waals surface area contributed by atoms with Crippen LogP contribution < -0.4 is 20.7 Å². The molecule has 20 heavy (non-hydrogen) atoms. The van der Waals surface area contributed by atoms with Crippen molar-refractivity contribution < 1.29 is 9.53 Å². The van der Waals surface area contributed by atoms with Crippen LogP contribution in [0.3, 0.4) is 0 Å². The second-order valence-electron chi connectivity index (χ2n) is 5.17. The fourth-order valence-corrected chi connectivity index (χ4v) is 2.71. The summed E-state index contributed by atoms with van der Waals surface area (Å²) in [6.07, 6.45) is 0. The van der Waals surface area contributed by atoms with Gasteiger partial charge in [-0.25, -0.2) is 0 Å². The number of nitrogens with two attached hydrogens (primary N) is 1. The third kappa shape index (κ3) is 2.38. The molecule has 108 valence electrons. The molecular formula is C14H20N4O2. The number of ether oxygens (including phenoxy) is 1. The highest BCUT2D eigenvalue weighted by atomic mass is 16.5. The van der Waals surface area contributed by atoms with Gasteiger partial charge in [-0.2, -0.15) is 0 Å². The van der Waals surface area contributed by atoms with Crippen molar-refractivity contribution in [2.75, 3.05) is 55.3 Å². The molecular weight excluding hydrogens is 256 g/mol. The third-order valence-electron chi connectivity index (χ3n) is 3.92. The van der Waals surface area contributed by atoms with Crippen LogP contribution >= 0.6 is 0 Å². The van der Waals surface area contributed by atoms with Gasteiger partial charge in [0.1, 0.15) is 5.75 Å². The summed E-state index contributed by atoms with van der Waals surface area (Å²) in [5.74, 6) is 0.530. The Hall–Kier alpha value is -1.95. The first-order valence-electron chi connectivity index (χ1n) is 7.01. The Bertz CT molecular complexity index is 524. The third-order valence-corrected chi connectivity index (χ3v) is 3.92. The van der Waals surface area contributed by atoms with E-state index in [1.165, 1.54) is 0 Å². The molecule has 0 radical (unpaired) electrons. The van der Waals surface area contributed by atoms with Gasteiger partial charge >= 0.3 is 0 Å². The number of carbonyl (C=O) groups is 1. The summed E-state index contributed by atoms with van der Waals surface area (Å²) in [5, 5.41) is 2.83. The molecule has 2 heterocycles. The summed E-state index contributed by atoms with van der Waals surface area (Å²) < 4.78 is 5.37. The zero-order valence-electron chi connectivity index (χ0n) is 11.7. The van der Waals surface area contributed by atoms with Crippen molar-refractivity contribution >= 4 is 23.0 Å². The first kappa shape index (κ1) is 13.1. The van der Waals surface area contributed by atoms with Crippen LogP contribution in [0.25, 0.3) is 0 Å². The van der Waals surface area contributed by atoms with E-state index in [-0.39, 0.29) is 12.5 Å². The Morgan fingerprint density at radius 1 is 1.30 bits per heavy atom. The van der Waals surface area contributed by atoms with Crippen LogP contribution in [0.4, 0.5) is 17.1 Å². The summed E-state index contributed by atoms with van der Waals surface area (Å²) in [6.45, 7) is 7.29. The molecule has 0 unspecified atom stereocenters. The van der Waals surface area contributed by atoms with Gasteiger partial charge in [0, 0.05) is 32.2 Å². The Morgan fingerprint density at radius 3 is 2.75 bits per heavy atom. The first-order valence-corrected chi connectivity index (χ1v) is 7.01. The predicted molar refractivity (Wildman–Crippen MR) is 79.3 cm³/mol. The van der Waals surface area contributed by atoms with Crippen molar-refractivity contribution in [2.45, 2.75) is 6.92 Å². The number of nitrogen functional groups attached to an aromatic ring is 1. The van der Waals surface area contributed by atoms with Gasteiger partial charge in [0.05, 0.1) is 17.1 Å². The average Bonchev–Trinajstić information content (AvgIpc) is 2.47. The van der Waals surface area contributed by atoms with Crippen LogP contribution in [0, 0.1) is 0 Å². The SMILES string of the molecule is CCN1CCN(c2cc3c(cc2N)OCC(=O)N3)CC1. The number of fused-ring (bicyclic) bond motifs is 1. The van der Waals surface area contributed by atoms with Crippen LogP contribution in [-0.4, -0.2) is 50.1 Å². The molecule has 0 spiro atoms. The van der Waals surface area contributed by atoms with Crippen LogP contribution in [-0.2, 0) is 4.79 Å². The number of anilines is 3. The summed E-state index contributed by atoms with van der Waals surface area (Å²) in [6, 6.07) is 3.72. The Balaban J connectivity index is 1.83. The lowest BCUT2D eigenvalue weighted by Gasteiger charge is -2.36. The molecule has 1 aromatic carbocycles. The van der Waals surface area contributed by atoms with Crippen LogP contribution in [0.1, 0.15) is 6.92 Å². The van der Waals surface area contributed by atoms with Crippen molar-refractivity contribution in [3.05, 3.63) is 12.1 Å². The number of benzene rings is 1. The Kier molecular flexibility index (Phi) is 3.40. The molecule has 1 saturated heterocycles. The van der Waals surface area contributed by atoms with E-state index < -0.39 is 0 Å². The van der Waals surface area contributed by atoms with Gasteiger partial charge in [-0.15, -0.1) is 0 Å². The Morgan fingerprint density at radius 2 is 2.05 bits per heavy atom. The van der Waals surface area contributed by atoms with Gasteiger partial charge in [0.2, 0.25) is 0 Å². The van der Waals surface area contributed by atoms with Crippen molar-refractivity contribution in [1.82, 2.24) is 4.90 Å². The molecule has 3 N–H and O–H groups in total. The van der Waals surface area contributed by atoms with Crippen molar-refractivity contribution in [2.24, 2.45) is 0 Å². The molecule has 0 atom stereocenters. The maximum atomic E-state index is 11.4. The van der Waals surface area contributed by atoms with E-state index in [4.69, 9.17) is 10.5 Å². The highest BCUT2D eigenvalue weighted by Gasteiger charge is 2.22. The topological polar surface area (TPSA) is 70.8 Å². The number of hydrogen-bond acceptors (Lipinski definition) is 5. The zero-order chi connectivity index (χ0) is 14.1. The second kappa shape index (κ2) is 5.20. The molecule has 0 bridgehead atoms. The lowest BCUT2D eigenvalue weighted by molar-refractivity contribution is -0.118. The summed E-state index contributed by atoms with van der Waals surface area (Å²) in [5.41, 5.74) is 8.52. The van der Waals surface area contributed by atoms with Crippen molar-refractivity contribution in [3.63, 3.8) is 0 Å². The number of piperazine rings is 1. The average molecular weight is 276 g/mol. The monoisotopic (exact) mass is 276 g/mol. The van der Waals surface area contributed by atoms with E-state index in [2.05, 4.69) is 22.0 Å². The predicted octanol–water partition coefficient (Wildman–Crippen LogP) is 0.742. The zero-order valence-corrected chi connectivity index (χ0v) is 11.7. The fraction of sp³-hybridized carbons (Fsp3) is 0.500. The summed E-state index contributed by atoms with van der Waals surface area (Å²) in [4.78, 5) is 16.1. The number of hydrogen-bond donors (Lipinski definition) is 2. The largest absolute Gasteiger partial charge is 0.482 e. The van der Waals surface area contributed by atoms with Crippen molar-refractivity contribution in [3.8, 4) is 5.75 Å². The van der Waals surface area contributed by atoms with E-state index in [9.17, 15) is 4.79 Å². The number of nitrogens with one attached hydrogen (secondary N) is 1. The summed E-state index contributed by atoms with van der Waals surface area (Å²) >= 11 is 0. The van der Waals surface area contributed by atoms with E-state index in [1.54, 1.807) is 6.07 Å². The molecule has 6 nitrogen and oxygen atoms in total. The maximum Gasteiger partial charge on any atom is 0.262 e. The quantitative estimate of drug-likeness (QED) is 0.780. The second-order valence-corrected chi connectivity index (χ2v) is 5.17. The molecule has 6 heteroatoms. The van der Waals surface area contributed by atoms with Gasteiger partial charge < -0.3 is 25.6 Å². The number of likely N-dealkylation sites (N-methyl/N-ethyl adjacent to an activating group) is 1. The normalized spacial score (nSPS) is 19.2. The van der Waals surface area contributed by atoms with Crippen LogP contribution in [0.2, 0.25) is 0 Å². The van der Waals surface area contributed by atoms with E-state index in [0.717, 1.165) is 38.4 Å². The standard InChI is InChI=1S/C14H20N4O2/c1-2-17-3-5-18(6-4-17)12-8-11-13(7-10(12)15)20-9-14(19)16-11/h7-8H,2-6,9,15H2,1H3,(H,16,19). The minimum Gasteiger partial charge on any atom is -0.482 e. The number of amides is 1.